The second kappa shape index (κ2) is 4.98. The number of anilines is 1. The largest absolute Gasteiger partial charge is 0.477 e. The molecule has 0 fully saturated rings. The average Bonchev–Trinajstić information content (AvgIpc) is 2.91. The Balaban J connectivity index is 2.28. The molecule has 0 saturated carbocycles. The van der Waals surface area contributed by atoms with Crippen LogP contribution in [0.25, 0.3) is 22.0 Å². The Morgan fingerprint density at radius 3 is 2.48 bits per heavy atom. The van der Waals surface area contributed by atoms with Crippen molar-refractivity contribution in [3.8, 4) is 11.1 Å². The van der Waals surface area contributed by atoms with Crippen LogP contribution in [-0.4, -0.2) is 30.2 Å². The number of carboxylic acid groups (broad SMARTS) is 1. The van der Waals surface area contributed by atoms with Crippen LogP contribution in [0.4, 0.5) is 5.69 Å². The highest BCUT2D eigenvalue weighted by molar-refractivity contribution is 6.02. The second-order valence-electron chi connectivity index (χ2n) is 5.17. The molecule has 0 amide bonds. The Kier molecular flexibility index (Phi) is 3.14. The summed E-state index contributed by atoms with van der Waals surface area (Å²) in [5.74, 6) is -0.946. The number of carboxylic acids is 1. The molecule has 4 heteroatoms. The number of hydrogen-bond donors (Lipinski definition) is 2. The molecule has 0 aliphatic carbocycles. The molecule has 0 atom stereocenters. The van der Waals surface area contributed by atoms with Crippen molar-refractivity contribution < 1.29 is 9.90 Å². The van der Waals surface area contributed by atoms with Crippen molar-refractivity contribution in [2.24, 2.45) is 0 Å². The van der Waals surface area contributed by atoms with Gasteiger partial charge in [-0.05, 0) is 23.8 Å². The molecule has 2 N–H and O–H groups in total. The lowest BCUT2D eigenvalue weighted by atomic mass is 9.99. The fraction of sp³-hybridized carbons (Fsp3) is 0.118. The number of benzene rings is 2. The summed E-state index contributed by atoms with van der Waals surface area (Å²) < 4.78 is 0. The van der Waals surface area contributed by atoms with Crippen molar-refractivity contribution in [3.63, 3.8) is 0 Å². The number of nitrogens with zero attached hydrogens (tertiary/aromatic N) is 1. The number of para-hydroxylation sites is 1. The molecule has 0 spiro atoms. The quantitative estimate of drug-likeness (QED) is 0.770. The van der Waals surface area contributed by atoms with Crippen LogP contribution in [0.1, 0.15) is 10.5 Å². The molecule has 0 radical (unpaired) electrons. The smallest absolute Gasteiger partial charge is 0.352 e. The first-order valence-corrected chi connectivity index (χ1v) is 6.69. The molecule has 0 aliphatic heterocycles. The van der Waals surface area contributed by atoms with E-state index in [0.717, 1.165) is 27.7 Å². The predicted octanol–water partition coefficient (Wildman–Crippen LogP) is 3.60. The van der Waals surface area contributed by atoms with Gasteiger partial charge in [0, 0.05) is 36.2 Å². The Morgan fingerprint density at radius 2 is 1.76 bits per heavy atom. The Labute approximate surface area is 122 Å². The van der Waals surface area contributed by atoms with Crippen LogP contribution in [0.5, 0.6) is 0 Å². The van der Waals surface area contributed by atoms with E-state index in [1.54, 1.807) is 6.07 Å². The number of rotatable bonds is 3. The third-order valence-electron chi connectivity index (χ3n) is 3.57. The Hall–Kier alpha value is -2.75. The van der Waals surface area contributed by atoms with Crippen LogP contribution in [0.2, 0.25) is 0 Å². The van der Waals surface area contributed by atoms with Crippen molar-refractivity contribution in [1.29, 1.82) is 0 Å². The fourth-order valence-electron chi connectivity index (χ4n) is 2.60. The lowest BCUT2D eigenvalue weighted by molar-refractivity contribution is 0.0691. The van der Waals surface area contributed by atoms with Gasteiger partial charge < -0.3 is 15.0 Å². The third-order valence-corrected chi connectivity index (χ3v) is 3.57. The maximum Gasteiger partial charge on any atom is 0.352 e. The van der Waals surface area contributed by atoms with E-state index in [0.29, 0.717) is 0 Å². The minimum absolute atomic E-state index is 0.208. The predicted molar refractivity (Wildman–Crippen MR) is 85.0 cm³/mol. The van der Waals surface area contributed by atoms with Crippen LogP contribution >= 0.6 is 0 Å². The van der Waals surface area contributed by atoms with E-state index in [2.05, 4.69) is 22.0 Å². The summed E-state index contributed by atoms with van der Waals surface area (Å²) in [4.78, 5) is 16.1. The molecule has 1 heterocycles. The number of hydrogen-bond acceptors (Lipinski definition) is 2. The van der Waals surface area contributed by atoms with Gasteiger partial charge in [-0.2, -0.15) is 0 Å². The first-order chi connectivity index (χ1) is 10.1. The van der Waals surface area contributed by atoms with E-state index < -0.39 is 5.97 Å². The molecule has 1 aromatic heterocycles. The highest BCUT2D eigenvalue weighted by Crippen LogP contribution is 2.35. The molecule has 3 rings (SSSR count). The highest BCUT2D eigenvalue weighted by atomic mass is 16.4. The summed E-state index contributed by atoms with van der Waals surface area (Å²) in [6.45, 7) is 0. The van der Waals surface area contributed by atoms with E-state index in [1.807, 2.05) is 44.4 Å². The zero-order valence-corrected chi connectivity index (χ0v) is 11.9. The topological polar surface area (TPSA) is 56.3 Å². The van der Waals surface area contributed by atoms with Crippen LogP contribution in [0, 0.1) is 0 Å². The van der Waals surface area contributed by atoms with Crippen molar-refractivity contribution >= 4 is 22.6 Å². The Bertz CT molecular complexity index is 819. The lowest BCUT2D eigenvalue weighted by Gasteiger charge is -2.18. The summed E-state index contributed by atoms with van der Waals surface area (Å²) in [5, 5.41) is 10.1. The number of carbonyl (C=O) groups is 1. The Morgan fingerprint density at radius 1 is 1.05 bits per heavy atom. The van der Waals surface area contributed by atoms with Gasteiger partial charge >= 0.3 is 5.97 Å². The van der Waals surface area contributed by atoms with Gasteiger partial charge in [-0.3, -0.25) is 0 Å². The summed E-state index contributed by atoms with van der Waals surface area (Å²) in [6.07, 6.45) is 0. The summed E-state index contributed by atoms with van der Waals surface area (Å²) >= 11 is 0. The van der Waals surface area contributed by atoms with E-state index in [1.165, 1.54) is 0 Å². The van der Waals surface area contributed by atoms with Gasteiger partial charge in [0.05, 0.1) is 0 Å². The molecule has 3 aromatic rings. The maximum absolute atomic E-state index is 11.2. The monoisotopic (exact) mass is 280 g/mol. The maximum atomic E-state index is 11.2. The number of nitrogens with one attached hydrogen (secondary N) is 1. The van der Waals surface area contributed by atoms with Crippen LogP contribution in [-0.2, 0) is 0 Å². The van der Waals surface area contributed by atoms with Gasteiger partial charge in [0.25, 0.3) is 0 Å². The summed E-state index contributed by atoms with van der Waals surface area (Å²) in [7, 11) is 4.00. The molecule has 0 saturated heterocycles. The first kappa shape index (κ1) is 13.2. The molecule has 2 aromatic carbocycles. The van der Waals surface area contributed by atoms with E-state index >= 15 is 0 Å². The molecule has 106 valence electrons. The highest BCUT2D eigenvalue weighted by Gasteiger charge is 2.13. The lowest BCUT2D eigenvalue weighted by Crippen LogP contribution is -2.09. The van der Waals surface area contributed by atoms with Gasteiger partial charge in [0.1, 0.15) is 5.69 Å². The fourth-order valence-corrected chi connectivity index (χ4v) is 2.60. The van der Waals surface area contributed by atoms with E-state index in [9.17, 15) is 4.79 Å². The minimum atomic E-state index is -0.946. The van der Waals surface area contributed by atoms with Crippen molar-refractivity contribution in [2.75, 3.05) is 19.0 Å². The minimum Gasteiger partial charge on any atom is -0.477 e. The molecule has 0 aliphatic rings. The van der Waals surface area contributed by atoms with Crippen molar-refractivity contribution in [3.05, 3.63) is 54.2 Å². The molecule has 4 nitrogen and oxygen atoms in total. The standard InChI is InChI=1S/C17H16N2O2/c1-19(2)16-9-4-3-6-12(16)11-7-5-8-14-13(11)10-15(18-14)17(20)21/h3-10,18H,1-2H3,(H,20,21). The zero-order valence-electron chi connectivity index (χ0n) is 11.9. The van der Waals surface area contributed by atoms with Crippen molar-refractivity contribution in [2.45, 2.75) is 0 Å². The third kappa shape index (κ3) is 2.25. The van der Waals surface area contributed by atoms with Gasteiger partial charge in [0.15, 0.2) is 0 Å². The summed E-state index contributed by atoms with van der Waals surface area (Å²) in [6, 6.07) is 15.6. The number of H-pyrrole nitrogens is 1. The van der Waals surface area contributed by atoms with Crippen molar-refractivity contribution in [1.82, 2.24) is 4.98 Å². The molecular formula is C17H16N2O2. The number of aromatic amines is 1. The van der Waals surface area contributed by atoms with Crippen LogP contribution in [0.15, 0.2) is 48.5 Å². The average molecular weight is 280 g/mol. The molecular weight excluding hydrogens is 264 g/mol. The van der Waals surface area contributed by atoms with Gasteiger partial charge in [-0.25, -0.2) is 4.79 Å². The van der Waals surface area contributed by atoms with Gasteiger partial charge in [-0.15, -0.1) is 0 Å². The van der Waals surface area contributed by atoms with E-state index in [4.69, 9.17) is 5.11 Å². The van der Waals surface area contributed by atoms with Crippen LogP contribution in [0.3, 0.4) is 0 Å². The normalized spacial score (nSPS) is 10.8. The van der Waals surface area contributed by atoms with Gasteiger partial charge in [-0.1, -0.05) is 30.3 Å². The first-order valence-electron chi connectivity index (χ1n) is 6.69. The number of aromatic nitrogens is 1. The molecule has 0 unspecified atom stereocenters. The number of fused-ring (bicyclic) bond motifs is 1. The van der Waals surface area contributed by atoms with Gasteiger partial charge in [0.2, 0.25) is 0 Å². The molecule has 21 heavy (non-hydrogen) atoms. The SMILES string of the molecule is CN(C)c1ccccc1-c1cccc2[nH]c(C(=O)O)cc12. The second-order valence-corrected chi connectivity index (χ2v) is 5.17. The van der Waals surface area contributed by atoms with Crippen LogP contribution < -0.4 is 4.90 Å². The van der Waals surface area contributed by atoms with E-state index in [-0.39, 0.29) is 5.69 Å². The number of aromatic carboxylic acids is 1. The molecule has 0 bridgehead atoms. The summed E-state index contributed by atoms with van der Waals surface area (Å²) in [5.41, 5.74) is 4.26. The zero-order chi connectivity index (χ0) is 15.0.